The third kappa shape index (κ3) is 7.69. The fraction of sp³-hybridized carbons (Fsp3) is 0.696. The molecule has 2 aliphatic heterocycles. The van der Waals surface area contributed by atoms with Gasteiger partial charge in [0.25, 0.3) is 0 Å². The van der Waals surface area contributed by atoms with Crippen LogP contribution in [0.1, 0.15) is 27.2 Å². The van der Waals surface area contributed by atoms with Gasteiger partial charge in [0.15, 0.2) is 17.6 Å². The van der Waals surface area contributed by atoms with Gasteiger partial charge >= 0.3 is 0 Å². The molecule has 2 saturated heterocycles. The first-order valence-electron chi connectivity index (χ1n) is 11.5. The van der Waals surface area contributed by atoms with E-state index in [0.717, 1.165) is 77.1 Å². The zero-order valence-electron chi connectivity index (χ0n) is 19.4. The lowest BCUT2D eigenvalue weighted by Crippen LogP contribution is -2.48. The van der Waals surface area contributed by atoms with Crippen LogP contribution in [0.2, 0.25) is 0 Å². The van der Waals surface area contributed by atoms with Gasteiger partial charge < -0.3 is 20.3 Å². The molecule has 6 nitrogen and oxygen atoms in total. The van der Waals surface area contributed by atoms with E-state index >= 15 is 0 Å². The SMILES string of the molecule is CCNC(=NCC(C(C)C)N1CCOCC1)NCC1CCN(c2ccc(F)c(F)c2)C1.I. The molecule has 2 N–H and O–H groups in total. The third-order valence-electron chi connectivity index (χ3n) is 6.18. The molecule has 1 aromatic rings. The van der Waals surface area contributed by atoms with E-state index in [2.05, 4.69) is 41.2 Å². The lowest BCUT2D eigenvalue weighted by molar-refractivity contribution is 0.00867. The minimum Gasteiger partial charge on any atom is -0.379 e. The number of ether oxygens (including phenoxy) is 1. The Hall–Kier alpha value is -1.20. The lowest BCUT2D eigenvalue weighted by atomic mass is 10.0. The minimum atomic E-state index is -0.801. The van der Waals surface area contributed by atoms with Crippen LogP contribution in [0, 0.1) is 23.5 Å². The number of morpholine rings is 1. The standard InChI is InChI=1S/C23H37F2N5O.HI/c1-4-26-23(28-15-22(17(2)3)29-9-11-31-12-10-29)27-14-18-7-8-30(16-18)19-5-6-20(24)21(25)13-19;/h5-6,13,17-18,22H,4,7-12,14-16H2,1-3H3,(H2,26,27,28);1H. The topological polar surface area (TPSA) is 52.1 Å². The summed E-state index contributed by atoms with van der Waals surface area (Å²) < 4.78 is 32.3. The molecule has 3 rings (SSSR count). The van der Waals surface area contributed by atoms with Crippen LogP contribution >= 0.6 is 24.0 Å². The number of anilines is 1. The van der Waals surface area contributed by atoms with Gasteiger partial charge in [-0.15, -0.1) is 24.0 Å². The van der Waals surface area contributed by atoms with Crippen LogP contribution in [-0.2, 0) is 4.74 Å². The second-order valence-corrected chi connectivity index (χ2v) is 8.76. The van der Waals surface area contributed by atoms with Crippen molar-refractivity contribution in [1.29, 1.82) is 0 Å². The van der Waals surface area contributed by atoms with E-state index in [0.29, 0.717) is 17.9 Å². The van der Waals surface area contributed by atoms with Crippen LogP contribution in [0.5, 0.6) is 0 Å². The summed E-state index contributed by atoms with van der Waals surface area (Å²) in [6, 6.07) is 4.53. The molecule has 0 amide bonds. The van der Waals surface area contributed by atoms with Crippen molar-refractivity contribution in [3.8, 4) is 0 Å². The highest BCUT2D eigenvalue weighted by Crippen LogP contribution is 2.25. The average Bonchev–Trinajstić information content (AvgIpc) is 3.23. The minimum absolute atomic E-state index is 0. The van der Waals surface area contributed by atoms with Crippen molar-refractivity contribution in [2.75, 3.05) is 63.9 Å². The van der Waals surface area contributed by atoms with Crippen molar-refractivity contribution in [1.82, 2.24) is 15.5 Å². The molecule has 2 atom stereocenters. The quantitative estimate of drug-likeness (QED) is 0.288. The maximum atomic E-state index is 13.6. The summed E-state index contributed by atoms with van der Waals surface area (Å²) >= 11 is 0. The molecule has 32 heavy (non-hydrogen) atoms. The summed E-state index contributed by atoms with van der Waals surface area (Å²) in [7, 11) is 0. The van der Waals surface area contributed by atoms with Crippen LogP contribution < -0.4 is 15.5 Å². The molecular formula is C23H38F2IN5O. The first-order chi connectivity index (χ1) is 15.0. The van der Waals surface area contributed by atoms with Gasteiger partial charge in [0, 0.05) is 57.1 Å². The summed E-state index contributed by atoms with van der Waals surface area (Å²) in [6.45, 7) is 14.1. The summed E-state index contributed by atoms with van der Waals surface area (Å²) in [6.07, 6.45) is 1.01. The highest BCUT2D eigenvalue weighted by Gasteiger charge is 2.25. The Bertz CT molecular complexity index is 730. The maximum Gasteiger partial charge on any atom is 0.191 e. The Labute approximate surface area is 208 Å². The van der Waals surface area contributed by atoms with E-state index in [1.165, 1.54) is 12.1 Å². The van der Waals surface area contributed by atoms with Crippen molar-refractivity contribution >= 4 is 35.6 Å². The molecule has 0 bridgehead atoms. The van der Waals surface area contributed by atoms with Gasteiger partial charge in [-0.1, -0.05) is 13.8 Å². The summed E-state index contributed by atoms with van der Waals surface area (Å²) in [5, 5.41) is 6.84. The predicted octanol–water partition coefficient (Wildman–Crippen LogP) is 3.32. The number of benzene rings is 1. The first kappa shape index (κ1) is 27.0. The van der Waals surface area contributed by atoms with Crippen molar-refractivity contribution < 1.29 is 13.5 Å². The van der Waals surface area contributed by atoms with E-state index < -0.39 is 11.6 Å². The van der Waals surface area contributed by atoms with Crippen LogP contribution in [0.4, 0.5) is 14.5 Å². The van der Waals surface area contributed by atoms with E-state index in [9.17, 15) is 8.78 Å². The molecule has 2 aliphatic rings. The Kier molecular flexibility index (Phi) is 11.4. The molecule has 9 heteroatoms. The van der Waals surface area contributed by atoms with Crippen LogP contribution in [0.15, 0.2) is 23.2 Å². The Balaban J connectivity index is 0.00000363. The van der Waals surface area contributed by atoms with Gasteiger partial charge in [-0.3, -0.25) is 9.89 Å². The number of hydrogen-bond donors (Lipinski definition) is 2. The molecule has 0 saturated carbocycles. The van der Waals surface area contributed by atoms with E-state index in [4.69, 9.17) is 9.73 Å². The van der Waals surface area contributed by atoms with Crippen molar-refractivity contribution in [3.63, 3.8) is 0 Å². The number of nitrogens with one attached hydrogen (secondary N) is 2. The highest BCUT2D eigenvalue weighted by atomic mass is 127. The van der Waals surface area contributed by atoms with Gasteiger partial charge in [-0.25, -0.2) is 8.78 Å². The Morgan fingerprint density at radius 2 is 1.91 bits per heavy atom. The second-order valence-electron chi connectivity index (χ2n) is 8.76. The molecular weight excluding hydrogens is 527 g/mol. The summed E-state index contributed by atoms with van der Waals surface area (Å²) in [5.41, 5.74) is 0.743. The molecule has 0 aromatic heterocycles. The van der Waals surface area contributed by atoms with E-state index in [1.54, 1.807) is 6.07 Å². The average molecular weight is 565 g/mol. The molecule has 0 aliphatic carbocycles. The third-order valence-corrected chi connectivity index (χ3v) is 6.18. The maximum absolute atomic E-state index is 13.6. The number of aliphatic imine (C=N–C) groups is 1. The van der Waals surface area contributed by atoms with Crippen molar-refractivity contribution in [2.45, 2.75) is 33.2 Å². The van der Waals surface area contributed by atoms with Gasteiger partial charge in [0.2, 0.25) is 0 Å². The Morgan fingerprint density at radius 1 is 1.16 bits per heavy atom. The lowest BCUT2D eigenvalue weighted by Gasteiger charge is -2.36. The molecule has 2 fully saturated rings. The smallest absolute Gasteiger partial charge is 0.191 e. The molecule has 2 heterocycles. The second kappa shape index (κ2) is 13.5. The predicted molar refractivity (Wildman–Crippen MR) is 137 cm³/mol. The molecule has 182 valence electrons. The van der Waals surface area contributed by atoms with Crippen molar-refractivity contribution in [3.05, 3.63) is 29.8 Å². The van der Waals surface area contributed by atoms with E-state index in [-0.39, 0.29) is 24.0 Å². The van der Waals surface area contributed by atoms with E-state index in [1.807, 2.05) is 0 Å². The van der Waals surface area contributed by atoms with Crippen molar-refractivity contribution in [2.24, 2.45) is 16.8 Å². The fourth-order valence-electron chi connectivity index (χ4n) is 4.34. The van der Waals surface area contributed by atoms with Crippen LogP contribution in [-0.4, -0.2) is 75.9 Å². The number of hydrogen-bond acceptors (Lipinski definition) is 4. The molecule has 2 unspecified atom stereocenters. The zero-order chi connectivity index (χ0) is 22.2. The fourth-order valence-corrected chi connectivity index (χ4v) is 4.34. The van der Waals surface area contributed by atoms with Gasteiger partial charge in [-0.2, -0.15) is 0 Å². The number of halogens is 3. The largest absolute Gasteiger partial charge is 0.379 e. The highest BCUT2D eigenvalue weighted by molar-refractivity contribution is 14.0. The normalized spacial score (nSPS) is 20.9. The van der Waals surface area contributed by atoms with Crippen LogP contribution in [0.25, 0.3) is 0 Å². The summed E-state index contributed by atoms with van der Waals surface area (Å²) in [4.78, 5) is 9.48. The van der Waals surface area contributed by atoms with Gasteiger partial charge in [-0.05, 0) is 37.3 Å². The number of guanidine groups is 1. The molecule has 0 radical (unpaired) electrons. The Morgan fingerprint density at radius 3 is 2.56 bits per heavy atom. The number of rotatable bonds is 8. The zero-order valence-corrected chi connectivity index (χ0v) is 21.8. The molecule has 1 aromatic carbocycles. The van der Waals surface area contributed by atoms with Gasteiger partial charge in [0.1, 0.15) is 0 Å². The molecule has 0 spiro atoms. The number of nitrogens with zero attached hydrogens (tertiary/aromatic N) is 3. The first-order valence-corrected chi connectivity index (χ1v) is 11.5. The van der Waals surface area contributed by atoms with Crippen LogP contribution in [0.3, 0.4) is 0 Å². The monoisotopic (exact) mass is 565 g/mol. The van der Waals surface area contributed by atoms with Gasteiger partial charge in [0.05, 0.1) is 19.8 Å². The summed E-state index contributed by atoms with van der Waals surface area (Å²) in [5.74, 6) is 0.194.